The average Bonchev–Trinajstić information content (AvgIpc) is 2.28. The second-order valence-electron chi connectivity index (χ2n) is 3.15. The lowest BCUT2D eigenvalue weighted by Crippen LogP contribution is -2.05. The molecule has 0 radical (unpaired) electrons. The molecule has 0 atom stereocenters. The standard InChI is InChI=1S/C11H11N3O/c12-9-7-14-10-4-2-1-3-8(10)11(9)13-5-6-15/h1-4,6-7H,5,12H2,(H,13,14). The van der Waals surface area contributed by atoms with Gasteiger partial charge in [-0.2, -0.15) is 0 Å². The van der Waals surface area contributed by atoms with Crippen molar-refractivity contribution in [3.05, 3.63) is 30.5 Å². The number of aromatic nitrogens is 1. The highest BCUT2D eigenvalue weighted by molar-refractivity contribution is 5.97. The molecule has 1 aromatic heterocycles. The maximum absolute atomic E-state index is 10.3. The smallest absolute Gasteiger partial charge is 0.139 e. The Morgan fingerprint density at radius 1 is 1.40 bits per heavy atom. The number of nitrogen functional groups attached to an aromatic ring is 1. The average molecular weight is 201 g/mol. The predicted octanol–water partition coefficient (Wildman–Crippen LogP) is 1.43. The van der Waals surface area contributed by atoms with Crippen LogP contribution in [0.15, 0.2) is 30.5 Å². The summed E-state index contributed by atoms with van der Waals surface area (Å²) in [5.41, 5.74) is 7.97. The number of fused-ring (bicyclic) bond motifs is 1. The minimum atomic E-state index is 0.248. The monoisotopic (exact) mass is 201 g/mol. The SMILES string of the molecule is Nc1cnc2ccccc2c1NCC=O. The highest BCUT2D eigenvalue weighted by Gasteiger charge is 2.04. The van der Waals surface area contributed by atoms with E-state index in [9.17, 15) is 4.79 Å². The Bertz CT molecular complexity index is 496. The van der Waals surface area contributed by atoms with Crippen molar-refractivity contribution in [1.82, 2.24) is 4.98 Å². The van der Waals surface area contributed by atoms with E-state index in [2.05, 4.69) is 10.3 Å². The number of benzene rings is 1. The normalized spacial score (nSPS) is 10.1. The zero-order valence-electron chi connectivity index (χ0n) is 8.10. The lowest BCUT2D eigenvalue weighted by Gasteiger charge is -2.09. The molecule has 0 saturated carbocycles. The van der Waals surface area contributed by atoms with E-state index in [1.807, 2.05) is 24.3 Å². The first-order valence-corrected chi connectivity index (χ1v) is 4.63. The van der Waals surface area contributed by atoms with Crippen LogP contribution >= 0.6 is 0 Å². The van der Waals surface area contributed by atoms with Crippen LogP contribution in [0.25, 0.3) is 10.9 Å². The van der Waals surface area contributed by atoms with Crippen LogP contribution in [0.1, 0.15) is 0 Å². The lowest BCUT2D eigenvalue weighted by atomic mass is 10.1. The molecule has 15 heavy (non-hydrogen) atoms. The molecular formula is C11H11N3O. The Hall–Kier alpha value is -2.10. The van der Waals surface area contributed by atoms with Crippen LogP contribution in [0, 0.1) is 0 Å². The van der Waals surface area contributed by atoms with Gasteiger partial charge in [-0.05, 0) is 6.07 Å². The number of hydrogen-bond donors (Lipinski definition) is 2. The van der Waals surface area contributed by atoms with E-state index in [4.69, 9.17) is 5.73 Å². The van der Waals surface area contributed by atoms with Crippen molar-refractivity contribution in [3.63, 3.8) is 0 Å². The van der Waals surface area contributed by atoms with Gasteiger partial charge in [-0.3, -0.25) is 4.98 Å². The van der Waals surface area contributed by atoms with Gasteiger partial charge in [0.05, 0.1) is 29.6 Å². The van der Waals surface area contributed by atoms with E-state index < -0.39 is 0 Å². The zero-order chi connectivity index (χ0) is 10.7. The highest BCUT2D eigenvalue weighted by atomic mass is 16.1. The molecule has 76 valence electrons. The molecule has 0 saturated heterocycles. The summed E-state index contributed by atoms with van der Waals surface area (Å²) >= 11 is 0. The molecule has 0 aliphatic rings. The Balaban J connectivity index is 2.57. The van der Waals surface area contributed by atoms with Gasteiger partial charge in [0, 0.05) is 5.39 Å². The Morgan fingerprint density at radius 2 is 2.20 bits per heavy atom. The Morgan fingerprint density at radius 3 is 3.00 bits per heavy atom. The number of aldehydes is 1. The van der Waals surface area contributed by atoms with E-state index in [1.54, 1.807) is 6.20 Å². The first kappa shape index (κ1) is 9.45. The van der Waals surface area contributed by atoms with Crippen LogP contribution in [0.2, 0.25) is 0 Å². The molecule has 0 fully saturated rings. The van der Waals surface area contributed by atoms with Crippen LogP contribution in [0.3, 0.4) is 0 Å². The Labute approximate surface area is 87.1 Å². The van der Waals surface area contributed by atoms with Gasteiger partial charge in [-0.1, -0.05) is 18.2 Å². The van der Waals surface area contributed by atoms with Gasteiger partial charge in [0.1, 0.15) is 6.29 Å². The maximum Gasteiger partial charge on any atom is 0.139 e. The van der Waals surface area contributed by atoms with Crippen LogP contribution in [0.5, 0.6) is 0 Å². The van der Waals surface area contributed by atoms with E-state index in [0.29, 0.717) is 5.69 Å². The van der Waals surface area contributed by atoms with Crippen LogP contribution in [0.4, 0.5) is 11.4 Å². The van der Waals surface area contributed by atoms with Gasteiger partial charge in [0.2, 0.25) is 0 Å². The van der Waals surface area contributed by atoms with Crippen LogP contribution in [-0.4, -0.2) is 17.8 Å². The fourth-order valence-electron chi connectivity index (χ4n) is 1.50. The molecule has 0 amide bonds. The van der Waals surface area contributed by atoms with E-state index >= 15 is 0 Å². The quantitative estimate of drug-likeness (QED) is 0.737. The number of carbonyl (C=O) groups is 1. The summed E-state index contributed by atoms with van der Waals surface area (Å²) in [6.45, 7) is 0.248. The molecule has 4 nitrogen and oxygen atoms in total. The molecule has 0 aliphatic carbocycles. The highest BCUT2D eigenvalue weighted by Crippen LogP contribution is 2.26. The number of carbonyl (C=O) groups excluding carboxylic acids is 1. The third-order valence-corrected chi connectivity index (χ3v) is 2.17. The Kier molecular flexibility index (Phi) is 2.49. The molecule has 1 aromatic carbocycles. The van der Waals surface area contributed by atoms with Crippen molar-refractivity contribution >= 4 is 28.6 Å². The van der Waals surface area contributed by atoms with E-state index in [0.717, 1.165) is 22.9 Å². The second-order valence-corrected chi connectivity index (χ2v) is 3.15. The number of nitrogens with one attached hydrogen (secondary N) is 1. The molecule has 1 heterocycles. The van der Waals surface area contributed by atoms with Crippen LogP contribution in [-0.2, 0) is 4.79 Å². The summed E-state index contributed by atoms with van der Waals surface area (Å²) in [6.07, 6.45) is 2.39. The molecular weight excluding hydrogens is 190 g/mol. The van der Waals surface area contributed by atoms with Gasteiger partial charge >= 0.3 is 0 Å². The summed E-state index contributed by atoms with van der Waals surface area (Å²) in [4.78, 5) is 14.5. The summed E-state index contributed by atoms with van der Waals surface area (Å²) in [6, 6.07) is 7.65. The molecule has 4 heteroatoms. The zero-order valence-corrected chi connectivity index (χ0v) is 8.10. The topological polar surface area (TPSA) is 68.0 Å². The van der Waals surface area contributed by atoms with Crippen molar-refractivity contribution in [2.75, 3.05) is 17.6 Å². The van der Waals surface area contributed by atoms with Crippen molar-refractivity contribution in [1.29, 1.82) is 0 Å². The number of anilines is 2. The van der Waals surface area contributed by atoms with Crippen LogP contribution < -0.4 is 11.1 Å². The van der Waals surface area contributed by atoms with Crippen molar-refractivity contribution in [3.8, 4) is 0 Å². The molecule has 2 rings (SSSR count). The molecule has 3 N–H and O–H groups in total. The number of nitrogens with two attached hydrogens (primary N) is 1. The van der Waals surface area contributed by atoms with Crippen molar-refractivity contribution < 1.29 is 4.79 Å². The number of pyridine rings is 1. The molecule has 2 aromatic rings. The fourth-order valence-corrected chi connectivity index (χ4v) is 1.50. The number of nitrogens with zero attached hydrogens (tertiary/aromatic N) is 1. The fraction of sp³-hybridized carbons (Fsp3) is 0.0909. The van der Waals surface area contributed by atoms with Crippen molar-refractivity contribution in [2.45, 2.75) is 0 Å². The third kappa shape index (κ3) is 1.74. The molecule has 0 spiro atoms. The van der Waals surface area contributed by atoms with Gasteiger partial charge in [0.25, 0.3) is 0 Å². The van der Waals surface area contributed by atoms with E-state index in [1.165, 1.54) is 0 Å². The molecule has 0 aliphatic heterocycles. The second kappa shape index (κ2) is 3.96. The van der Waals surface area contributed by atoms with Gasteiger partial charge in [-0.15, -0.1) is 0 Å². The summed E-state index contributed by atoms with van der Waals surface area (Å²) in [7, 11) is 0. The summed E-state index contributed by atoms with van der Waals surface area (Å²) in [5.74, 6) is 0. The lowest BCUT2D eigenvalue weighted by molar-refractivity contribution is -0.106. The number of rotatable bonds is 3. The first-order chi connectivity index (χ1) is 7.33. The largest absolute Gasteiger partial charge is 0.396 e. The number of para-hydroxylation sites is 1. The predicted molar refractivity (Wildman–Crippen MR) is 60.7 cm³/mol. The van der Waals surface area contributed by atoms with Gasteiger partial charge in [0.15, 0.2) is 0 Å². The van der Waals surface area contributed by atoms with Gasteiger partial charge in [-0.25, -0.2) is 0 Å². The minimum absolute atomic E-state index is 0.248. The minimum Gasteiger partial charge on any atom is -0.396 e. The summed E-state index contributed by atoms with van der Waals surface area (Å²) in [5, 5.41) is 3.90. The summed E-state index contributed by atoms with van der Waals surface area (Å²) < 4.78 is 0. The first-order valence-electron chi connectivity index (χ1n) is 4.63. The van der Waals surface area contributed by atoms with Gasteiger partial charge < -0.3 is 15.8 Å². The van der Waals surface area contributed by atoms with Crippen molar-refractivity contribution in [2.24, 2.45) is 0 Å². The molecule has 0 bridgehead atoms. The third-order valence-electron chi connectivity index (χ3n) is 2.17. The van der Waals surface area contributed by atoms with E-state index in [-0.39, 0.29) is 6.54 Å². The molecule has 0 unspecified atom stereocenters. The number of hydrogen-bond acceptors (Lipinski definition) is 4. The maximum atomic E-state index is 10.3.